The number of amides is 3. The smallest absolute Gasteiger partial charge is 0.319 e. The van der Waals surface area contributed by atoms with Gasteiger partial charge in [-0.1, -0.05) is 49.0 Å². The number of rotatable bonds is 5. The van der Waals surface area contributed by atoms with Crippen LogP contribution in [0.1, 0.15) is 17.2 Å². The highest BCUT2D eigenvalue weighted by Gasteiger charge is 2.36. The summed E-state index contributed by atoms with van der Waals surface area (Å²) in [5.74, 6) is -0.567. The molecule has 25 heavy (non-hydrogen) atoms. The number of hydrogen-bond acceptors (Lipinski definition) is 3. The third kappa shape index (κ3) is 3.80. The van der Waals surface area contributed by atoms with Crippen LogP contribution in [0.3, 0.4) is 0 Å². The van der Waals surface area contributed by atoms with E-state index in [1.165, 1.54) is 0 Å². The standard InChI is InChI=1S/C19H19N3O3/c1-12-16(18(20)23)17(22-19(24)21-12)14-7-9-15(10-8-14)25-11-13-5-3-2-4-6-13/h2-10,16-17H,1,11H2,(H2,20,23)(H2,21,22,24). The van der Waals surface area contributed by atoms with Crippen molar-refractivity contribution in [3.05, 3.63) is 78.0 Å². The zero-order valence-electron chi connectivity index (χ0n) is 13.6. The molecule has 1 saturated heterocycles. The van der Waals surface area contributed by atoms with Crippen LogP contribution in [-0.4, -0.2) is 11.9 Å². The van der Waals surface area contributed by atoms with E-state index in [1.807, 2.05) is 30.3 Å². The summed E-state index contributed by atoms with van der Waals surface area (Å²) >= 11 is 0. The van der Waals surface area contributed by atoms with Gasteiger partial charge >= 0.3 is 6.03 Å². The molecule has 0 aromatic heterocycles. The topological polar surface area (TPSA) is 93.4 Å². The number of nitrogens with one attached hydrogen (secondary N) is 2. The summed E-state index contributed by atoms with van der Waals surface area (Å²) in [4.78, 5) is 23.4. The average Bonchev–Trinajstić information content (AvgIpc) is 2.60. The second kappa shape index (κ2) is 7.09. The van der Waals surface area contributed by atoms with Crippen molar-refractivity contribution in [2.75, 3.05) is 0 Å². The van der Waals surface area contributed by atoms with Gasteiger partial charge in [0.05, 0.1) is 6.04 Å². The molecule has 3 rings (SSSR count). The Balaban J connectivity index is 1.73. The second-order valence-corrected chi connectivity index (χ2v) is 5.82. The highest BCUT2D eigenvalue weighted by molar-refractivity contribution is 5.87. The molecule has 2 unspecified atom stereocenters. The zero-order valence-corrected chi connectivity index (χ0v) is 13.6. The summed E-state index contributed by atoms with van der Waals surface area (Å²) in [5.41, 5.74) is 7.58. The first-order valence-electron chi connectivity index (χ1n) is 7.87. The minimum Gasteiger partial charge on any atom is -0.489 e. The highest BCUT2D eigenvalue weighted by atomic mass is 16.5. The van der Waals surface area contributed by atoms with Gasteiger partial charge in [0.15, 0.2) is 0 Å². The molecule has 128 valence electrons. The van der Waals surface area contributed by atoms with Gasteiger partial charge in [0, 0.05) is 5.70 Å². The molecule has 4 N–H and O–H groups in total. The van der Waals surface area contributed by atoms with E-state index in [1.54, 1.807) is 24.3 Å². The molecule has 1 aliphatic rings. The summed E-state index contributed by atoms with van der Waals surface area (Å²) in [5, 5.41) is 5.21. The molecule has 2 atom stereocenters. The van der Waals surface area contributed by atoms with Gasteiger partial charge in [0.2, 0.25) is 5.91 Å². The van der Waals surface area contributed by atoms with Crippen molar-refractivity contribution in [2.24, 2.45) is 11.7 Å². The number of nitrogens with two attached hydrogens (primary N) is 1. The van der Waals surface area contributed by atoms with Crippen molar-refractivity contribution in [1.82, 2.24) is 10.6 Å². The Labute approximate surface area is 145 Å². The van der Waals surface area contributed by atoms with E-state index in [9.17, 15) is 9.59 Å². The lowest BCUT2D eigenvalue weighted by molar-refractivity contribution is -0.121. The van der Waals surface area contributed by atoms with Gasteiger partial charge in [0.25, 0.3) is 0 Å². The summed E-state index contributed by atoms with van der Waals surface area (Å²) in [6.45, 7) is 4.19. The fourth-order valence-electron chi connectivity index (χ4n) is 2.81. The van der Waals surface area contributed by atoms with E-state index in [0.29, 0.717) is 18.1 Å². The fourth-order valence-corrected chi connectivity index (χ4v) is 2.81. The Hall–Kier alpha value is -3.28. The Morgan fingerprint density at radius 2 is 1.80 bits per heavy atom. The van der Waals surface area contributed by atoms with Crippen LogP contribution in [0.2, 0.25) is 0 Å². The predicted octanol–water partition coefficient (Wildman–Crippen LogP) is 2.23. The first-order valence-corrected chi connectivity index (χ1v) is 7.87. The van der Waals surface area contributed by atoms with Gasteiger partial charge in [-0.15, -0.1) is 0 Å². The normalized spacial score (nSPS) is 19.7. The Kier molecular flexibility index (Phi) is 4.70. The third-order valence-electron chi connectivity index (χ3n) is 4.06. The van der Waals surface area contributed by atoms with E-state index >= 15 is 0 Å². The number of urea groups is 1. The summed E-state index contributed by atoms with van der Waals surface area (Å²) < 4.78 is 5.74. The summed E-state index contributed by atoms with van der Waals surface area (Å²) in [7, 11) is 0. The molecule has 0 radical (unpaired) electrons. The maximum Gasteiger partial charge on any atom is 0.319 e. The molecule has 6 nitrogen and oxygen atoms in total. The minimum absolute atomic E-state index is 0.297. The lowest BCUT2D eigenvalue weighted by atomic mass is 9.88. The minimum atomic E-state index is -0.714. The second-order valence-electron chi connectivity index (χ2n) is 5.82. The van der Waals surface area contributed by atoms with Gasteiger partial charge in [-0.3, -0.25) is 4.79 Å². The number of carbonyl (C=O) groups is 2. The molecule has 1 fully saturated rings. The van der Waals surface area contributed by atoms with Gasteiger partial charge in [-0.25, -0.2) is 4.79 Å². The van der Waals surface area contributed by atoms with Crippen LogP contribution in [0.25, 0.3) is 0 Å². The Bertz CT molecular complexity index is 787. The number of hydrogen-bond donors (Lipinski definition) is 3. The molecular weight excluding hydrogens is 318 g/mol. The molecule has 6 heteroatoms. The van der Waals surface area contributed by atoms with Crippen LogP contribution >= 0.6 is 0 Å². The van der Waals surface area contributed by atoms with Crippen molar-refractivity contribution < 1.29 is 14.3 Å². The van der Waals surface area contributed by atoms with Gasteiger partial charge in [-0.05, 0) is 23.3 Å². The monoisotopic (exact) mass is 337 g/mol. The Morgan fingerprint density at radius 1 is 1.12 bits per heavy atom. The molecule has 0 bridgehead atoms. The van der Waals surface area contributed by atoms with E-state index < -0.39 is 23.9 Å². The van der Waals surface area contributed by atoms with E-state index in [0.717, 1.165) is 11.1 Å². The molecule has 0 aliphatic carbocycles. The van der Waals surface area contributed by atoms with Crippen LogP contribution in [0.5, 0.6) is 5.75 Å². The molecule has 2 aromatic carbocycles. The van der Waals surface area contributed by atoms with Crippen molar-refractivity contribution >= 4 is 11.9 Å². The molecule has 1 aliphatic heterocycles. The van der Waals surface area contributed by atoms with Crippen molar-refractivity contribution in [2.45, 2.75) is 12.6 Å². The van der Waals surface area contributed by atoms with E-state index in [-0.39, 0.29) is 0 Å². The quantitative estimate of drug-likeness (QED) is 0.781. The van der Waals surface area contributed by atoms with Crippen LogP contribution < -0.4 is 21.1 Å². The maximum absolute atomic E-state index is 11.7. The fraction of sp³-hybridized carbons (Fsp3) is 0.158. The van der Waals surface area contributed by atoms with Crippen molar-refractivity contribution in [1.29, 1.82) is 0 Å². The number of primary amides is 1. The highest BCUT2D eigenvalue weighted by Crippen LogP contribution is 2.30. The average molecular weight is 337 g/mol. The molecule has 2 aromatic rings. The van der Waals surface area contributed by atoms with E-state index in [2.05, 4.69) is 17.2 Å². The van der Waals surface area contributed by atoms with Crippen LogP contribution in [0, 0.1) is 5.92 Å². The number of benzene rings is 2. The SMILES string of the molecule is C=C1NC(=O)NC(c2ccc(OCc3ccccc3)cc2)C1C(N)=O. The maximum atomic E-state index is 11.7. The van der Waals surface area contributed by atoms with Crippen LogP contribution in [0.15, 0.2) is 66.9 Å². The lowest BCUT2D eigenvalue weighted by Crippen LogP contribution is -2.52. The van der Waals surface area contributed by atoms with E-state index in [4.69, 9.17) is 10.5 Å². The predicted molar refractivity (Wildman–Crippen MR) is 93.4 cm³/mol. The molecular formula is C19H19N3O3. The first kappa shape index (κ1) is 16.6. The molecule has 0 saturated carbocycles. The van der Waals surface area contributed by atoms with Crippen molar-refractivity contribution in [3.8, 4) is 5.75 Å². The van der Waals surface area contributed by atoms with Gasteiger partial charge < -0.3 is 21.1 Å². The van der Waals surface area contributed by atoms with Gasteiger partial charge in [-0.2, -0.15) is 0 Å². The molecule has 3 amide bonds. The number of ether oxygens (including phenoxy) is 1. The van der Waals surface area contributed by atoms with Crippen LogP contribution in [0.4, 0.5) is 4.79 Å². The van der Waals surface area contributed by atoms with Gasteiger partial charge in [0.1, 0.15) is 18.3 Å². The van der Waals surface area contributed by atoms with Crippen LogP contribution in [-0.2, 0) is 11.4 Å². The summed E-state index contributed by atoms with van der Waals surface area (Å²) in [6.07, 6.45) is 0. The summed E-state index contributed by atoms with van der Waals surface area (Å²) in [6, 6.07) is 16.1. The first-order chi connectivity index (χ1) is 12.0. The largest absolute Gasteiger partial charge is 0.489 e. The molecule has 0 spiro atoms. The Morgan fingerprint density at radius 3 is 2.44 bits per heavy atom. The van der Waals surface area contributed by atoms with Crippen molar-refractivity contribution in [3.63, 3.8) is 0 Å². The lowest BCUT2D eigenvalue weighted by Gasteiger charge is -2.32. The third-order valence-corrected chi connectivity index (χ3v) is 4.06. The number of carbonyl (C=O) groups excluding carboxylic acids is 2. The zero-order chi connectivity index (χ0) is 17.8. The molecule has 1 heterocycles.